The first-order valence-electron chi connectivity index (χ1n) is 12.1. The number of likely N-dealkylation sites (N-methyl/N-ethyl adjacent to an activating group) is 1. The van der Waals surface area contributed by atoms with Gasteiger partial charge >= 0.3 is 6.03 Å². The summed E-state index contributed by atoms with van der Waals surface area (Å²) in [6.07, 6.45) is 1.20. The van der Waals surface area contributed by atoms with Gasteiger partial charge < -0.3 is 19.5 Å². The highest BCUT2D eigenvalue weighted by Crippen LogP contribution is 2.41. The van der Waals surface area contributed by atoms with E-state index in [1.54, 1.807) is 34.6 Å². The minimum Gasteiger partial charge on any atom is -0.492 e. The van der Waals surface area contributed by atoms with Crippen LogP contribution in [0.2, 0.25) is 0 Å². The maximum Gasteiger partial charge on any atom is 0.326 e. The van der Waals surface area contributed by atoms with E-state index < -0.39 is 11.8 Å². The molecule has 3 heterocycles. The molecule has 3 aromatic rings. The van der Waals surface area contributed by atoms with Crippen molar-refractivity contribution in [2.75, 3.05) is 26.7 Å². The Morgan fingerprint density at radius 2 is 1.95 bits per heavy atom. The largest absolute Gasteiger partial charge is 0.492 e. The predicted octanol–water partition coefficient (Wildman–Crippen LogP) is 1.98. The molecule has 0 saturated carbocycles. The number of hydrogen-bond donors (Lipinski definition) is 3. The van der Waals surface area contributed by atoms with Gasteiger partial charge in [-0.05, 0) is 47.5 Å². The lowest BCUT2D eigenvalue weighted by atomic mass is 9.89. The van der Waals surface area contributed by atoms with Gasteiger partial charge in [-0.25, -0.2) is 10.3 Å². The van der Waals surface area contributed by atoms with Gasteiger partial charge in [-0.1, -0.05) is 18.7 Å². The number of urea groups is 1. The summed E-state index contributed by atoms with van der Waals surface area (Å²) in [5.41, 5.74) is 5.48. The fourth-order valence-electron chi connectivity index (χ4n) is 5.11. The number of imide groups is 1. The molecule has 0 radical (unpaired) electrons. The Morgan fingerprint density at radius 3 is 2.66 bits per heavy atom. The SMILES string of the molecule is C=CC(=O)NCCOc1ccc2c(c1)c1c(n2Cc2ccc(C(=O)NO)cc2)CN2CC1C(=O)N(C)C2=O. The van der Waals surface area contributed by atoms with Crippen LogP contribution in [0.3, 0.4) is 0 Å². The highest BCUT2D eigenvalue weighted by molar-refractivity contribution is 6.04. The maximum atomic E-state index is 13.2. The fraction of sp³-hybridized carbons (Fsp3) is 0.259. The first-order valence-corrected chi connectivity index (χ1v) is 12.1. The molecule has 1 aromatic heterocycles. The van der Waals surface area contributed by atoms with Crippen LogP contribution in [0.25, 0.3) is 10.9 Å². The normalized spacial score (nSPS) is 16.3. The molecule has 1 fully saturated rings. The Balaban J connectivity index is 1.53. The van der Waals surface area contributed by atoms with Crippen LogP contribution in [0.1, 0.15) is 33.1 Å². The van der Waals surface area contributed by atoms with Crippen molar-refractivity contribution in [1.29, 1.82) is 0 Å². The van der Waals surface area contributed by atoms with E-state index in [0.717, 1.165) is 27.7 Å². The molecule has 2 aliphatic rings. The quantitative estimate of drug-likeness (QED) is 0.181. The molecule has 5 amide bonds. The number of rotatable bonds is 8. The van der Waals surface area contributed by atoms with Gasteiger partial charge in [-0.2, -0.15) is 0 Å². The van der Waals surface area contributed by atoms with Crippen molar-refractivity contribution in [2.24, 2.45) is 0 Å². The van der Waals surface area contributed by atoms with Crippen LogP contribution in [0.4, 0.5) is 4.79 Å². The average molecular weight is 518 g/mol. The van der Waals surface area contributed by atoms with Gasteiger partial charge in [0.05, 0.1) is 19.0 Å². The highest BCUT2D eigenvalue weighted by atomic mass is 16.5. The Kier molecular flexibility index (Phi) is 6.60. The molecule has 0 spiro atoms. The molecule has 11 heteroatoms. The summed E-state index contributed by atoms with van der Waals surface area (Å²) < 4.78 is 7.95. The van der Waals surface area contributed by atoms with E-state index in [9.17, 15) is 19.2 Å². The second-order valence-corrected chi connectivity index (χ2v) is 9.22. The van der Waals surface area contributed by atoms with Gasteiger partial charge in [0.15, 0.2) is 0 Å². The number of aromatic nitrogens is 1. The van der Waals surface area contributed by atoms with Crippen LogP contribution in [-0.4, -0.2) is 70.1 Å². The number of nitrogens with zero attached hydrogens (tertiary/aromatic N) is 3. The van der Waals surface area contributed by atoms with Crippen molar-refractivity contribution in [3.8, 4) is 5.75 Å². The summed E-state index contributed by atoms with van der Waals surface area (Å²) in [4.78, 5) is 51.9. The molecule has 2 aromatic carbocycles. The Bertz CT molecular complexity index is 1460. The van der Waals surface area contributed by atoms with Crippen LogP contribution < -0.4 is 15.5 Å². The molecule has 1 atom stereocenters. The number of nitrogens with one attached hydrogen (secondary N) is 2. The molecular formula is C27H27N5O6. The number of hydrogen-bond acceptors (Lipinski definition) is 6. The summed E-state index contributed by atoms with van der Waals surface area (Å²) in [5.74, 6) is -1.02. The third-order valence-electron chi connectivity index (χ3n) is 6.98. The minimum atomic E-state index is -0.598. The molecule has 0 aliphatic carbocycles. The lowest BCUT2D eigenvalue weighted by molar-refractivity contribution is -0.132. The molecule has 196 valence electrons. The molecule has 3 N–H and O–H groups in total. The monoisotopic (exact) mass is 517 g/mol. The zero-order valence-electron chi connectivity index (χ0n) is 20.8. The summed E-state index contributed by atoms with van der Waals surface area (Å²) in [7, 11) is 1.50. The van der Waals surface area contributed by atoms with Crippen molar-refractivity contribution in [3.63, 3.8) is 0 Å². The van der Waals surface area contributed by atoms with E-state index in [4.69, 9.17) is 9.94 Å². The van der Waals surface area contributed by atoms with Gasteiger partial charge in [0.1, 0.15) is 12.4 Å². The third kappa shape index (κ3) is 4.37. The van der Waals surface area contributed by atoms with Crippen LogP contribution >= 0.6 is 0 Å². The number of fused-ring (bicyclic) bond motifs is 6. The second-order valence-electron chi connectivity index (χ2n) is 9.22. The number of amides is 5. The van der Waals surface area contributed by atoms with Gasteiger partial charge in [0.25, 0.3) is 5.91 Å². The number of ether oxygens (including phenoxy) is 1. The summed E-state index contributed by atoms with van der Waals surface area (Å²) in [5, 5.41) is 12.4. The summed E-state index contributed by atoms with van der Waals surface area (Å²) in [6.45, 7) is 5.11. The van der Waals surface area contributed by atoms with Crippen molar-refractivity contribution < 1.29 is 29.1 Å². The molecule has 38 heavy (non-hydrogen) atoms. The van der Waals surface area contributed by atoms with Crippen LogP contribution in [0.15, 0.2) is 55.1 Å². The molecule has 2 bridgehead atoms. The number of carbonyl (C=O) groups excluding carboxylic acids is 4. The Hall–Kier alpha value is -4.64. The number of carbonyl (C=O) groups is 4. The number of hydroxylamine groups is 1. The smallest absolute Gasteiger partial charge is 0.326 e. The van der Waals surface area contributed by atoms with Crippen molar-refractivity contribution in [2.45, 2.75) is 19.0 Å². The van der Waals surface area contributed by atoms with Crippen molar-refractivity contribution in [3.05, 3.63) is 77.5 Å². The number of benzene rings is 2. The van der Waals surface area contributed by atoms with Gasteiger partial charge in [-0.15, -0.1) is 0 Å². The van der Waals surface area contributed by atoms with Crippen molar-refractivity contribution >= 4 is 34.7 Å². The van der Waals surface area contributed by atoms with E-state index >= 15 is 0 Å². The second kappa shape index (κ2) is 10.0. The van der Waals surface area contributed by atoms with Gasteiger partial charge in [0.2, 0.25) is 11.8 Å². The van der Waals surface area contributed by atoms with Crippen molar-refractivity contribution in [1.82, 2.24) is 25.2 Å². The van der Waals surface area contributed by atoms with E-state index in [-0.39, 0.29) is 24.5 Å². The van der Waals surface area contributed by atoms with E-state index in [2.05, 4.69) is 16.5 Å². The van der Waals surface area contributed by atoms with E-state index in [0.29, 0.717) is 37.5 Å². The highest BCUT2D eigenvalue weighted by Gasteiger charge is 2.44. The molecule has 1 unspecified atom stereocenters. The first kappa shape index (κ1) is 25.0. The first-order chi connectivity index (χ1) is 18.3. The van der Waals surface area contributed by atoms with Crippen LogP contribution in [-0.2, 0) is 22.7 Å². The van der Waals surface area contributed by atoms with Crippen LogP contribution in [0.5, 0.6) is 5.75 Å². The summed E-state index contributed by atoms with van der Waals surface area (Å²) in [6, 6.07) is 12.2. The summed E-state index contributed by atoms with van der Waals surface area (Å²) >= 11 is 0. The van der Waals surface area contributed by atoms with E-state index in [1.807, 2.05) is 18.2 Å². The molecule has 5 rings (SSSR count). The zero-order chi connectivity index (χ0) is 27.0. The molecule has 11 nitrogen and oxygen atoms in total. The maximum absolute atomic E-state index is 13.2. The Morgan fingerprint density at radius 1 is 1.18 bits per heavy atom. The topological polar surface area (TPSA) is 133 Å². The zero-order valence-corrected chi connectivity index (χ0v) is 20.8. The fourth-order valence-corrected chi connectivity index (χ4v) is 5.11. The average Bonchev–Trinajstić information content (AvgIpc) is 3.25. The van der Waals surface area contributed by atoms with Gasteiger partial charge in [-0.3, -0.25) is 24.5 Å². The molecular weight excluding hydrogens is 490 g/mol. The molecule has 2 aliphatic heterocycles. The molecule has 1 saturated heterocycles. The predicted molar refractivity (Wildman–Crippen MR) is 137 cm³/mol. The minimum absolute atomic E-state index is 0.246. The third-order valence-corrected chi connectivity index (χ3v) is 6.98. The van der Waals surface area contributed by atoms with E-state index in [1.165, 1.54) is 18.0 Å². The van der Waals surface area contributed by atoms with Crippen LogP contribution in [0, 0.1) is 0 Å². The Labute approximate surface area is 218 Å². The lowest BCUT2D eigenvalue weighted by Crippen LogP contribution is -2.56. The lowest BCUT2D eigenvalue weighted by Gasteiger charge is -2.41. The standard InChI is InChI=1S/C27H27N5O6/c1-3-23(33)28-10-11-38-18-8-9-21-19(12-18)24-20-14-31(27(36)30(2)26(20)35)15-22(24)32(21)13-16-4-6-17(7-5-16)25(34)29-37/h3-9,12,20,37H,1,10-11,13-15H2,2H3,(H,28,33)(H,29,34). The van der Waals surface area contributed by atoms with Gasteiger partial charge in [0, 0.05) is 42.3 Å².